The van der Waals surface area contributed by atoms with E-state index in [2.05, 4.69) is 5.43 Å². The highest BCUT2D eigenvalue weighted by molar-refractivity contribution is 6.31. The van der Waals surface area contributed by atoms with Crippen LogP contribution in [-0.2, 0) is 6.42 Å². The number of hydrogen-bond acceptors (Lipinski definition) is 2. The summed E-state index contributed by atoms with van der Waals surface area (Å²) >= 11 is 11.4. The van der Waals surface area contributed by atoms with Gasteiger partial charge < -0.3 is 0 Å². The van der Waals surface area contributed by atoms with Gasteiger partial charge in [0.1, 0.15) is 11.6 Å². The van der Waals surface area contributed by atoms with E-state index in [0.717, 1.165) is 17.7 Å². The second-order valence-electron chi connectivity index (χ2n) is 4.34. The molecule has 0 amide bonds. The molecule has 0 aliphatic rings. The van der Waals surface area contributed by atoms with Gasteiger partial charge in [-0.25, -0.2) is 8.78 Å². The van der Waals surface area contributed by atoms with Crippen molar-refractivity contribution < 1.29 is 8.78 Å². The molecule has 2 aromatic carbocycles. The van der Waals surface area contributed by atoms with E-state index in [-0.39, 0.29) is 10.6 Å². The lowest BCUT2D eigenvalue weighted by atomic mass is 9.99. The fourth-order valence-corrected chi connectivity index (χ4v) is 2.33. The topological polar surface area (TPSA) is 38.0 Å². The van der Waals surface area contributed by atoms with Gasteiger partial charge in [0.05, 0.1) is 11.1 Å². The Bertz CT molecular complexity index is 620. The van der Waals surface area contributed by atoms with Crippen molar-refractivity contribution in [2.24, 2.45) is 5.84 Å². The average Bonchev–Trinajstić information content (AvgIpc) is 2.40. The number of halogens is 4. The third-order valence-electron chi connectivity index (χ3n) is 2.95. The fourth-order valence-electron chi connectivity index (χ4n) is 1.96. The number of benzene rings is 2. The zero-order chi connectivity index (χ0) is 14.7. The molecule has 0 aliphatic carbocycles. The molecule has 3 N–H and O–H groups in total. The van der Waals surface area contributed by atoms with Crippen LogP contribution >= 0.6 is 23.2 Å². The van der Waals surface area contributed by atoms with Gasteiger partial charge in [-0.3, -0.25) is 11.3 Å². The first-order valence-electron chi connectivity index (χ1n) is 5.86. The van der Waals surface area contributed by atoms with Crippen LogP contribution in [0.3, 0.4) is 0 Å². The molecule has 106 valence electrons. The maximum absolute atomic E-state index is 13.9. The lowest BCUT2D eigenvalue weighted by molar-refractivity contribution is 0.502. The van der Waals surface area contributed by atoms with Gasteiger partial charge >= 0.3 is 0 Å². The molecule has 20 heavy (non-hydrogen) atoms. The van der Waals surface area contributed by atoms with Gasteiger partial charge in [-0.2, -0.15) is 0 Å². The van der Waals surface area contributed by atoms with Crippen molar-refractivity contribution in [2.75, 3.05) is 0 Å². The van der Waals surface area contributed by atoms with Crippen molar-refractivity contribution in [3.8, 4) is 0 Å². The molecular weight excluding hydrogens is 305 g/mol. The largest absolute Gasteiger partial charge is 0.271 e. The fraction of sp³-hybridized carbons (Fsp3) is 0.143. The molecule has 1 atom stereocenters. The summed E-state index contributed by atoms with van der Waals surface area (Å²) in [5.74, 6) is 4.15. The summed E-state index contributed by atoms with van der Waals surface area (Å²) in [6, 6.07) is 8.50. The van der Waals surface area contributed by atoms with Gasteiger partial charge in [0.15, 0.2) is 0 Å². The number of hydrazine groups is 1. The van der Waals surface area contributed by atoms with E-state index < -0.39 is 17.7 Å². The molecule has 2 aromatic rings. The first kappa shape index (κ1) is 15.2. The van der Waals surface area contributed by atoms with E-state index in [0.29, 0.717) is 11.4 Å². The van der Waals surface area contributed by atoms with Crippen LogP contribution in [0, 0.1) is 11.6 Å². The molecule has 0 radical (unpaired) electrons. The minimum atomic E-state index is -0.686. The smallest absolute Gasteiger partial charge is 0.142 e. The average molecular weight is 317 g/mol. The Kier molecular flexibility index (Phi) is 4.94. The molecule has 0 saturated carbocycles. The molecule has 2 nitrogen and oxygen atoms in total. The summed E-state index contributed by atoms with van der Waals surface area (Å²) in [4.78, 5) is 0. The summed E-state index contributed by atoms with van der Waals surface area (Å²) in [5, 5.41) is 0.311. The van der Waals surface area contributed by atoms with Crippen LogP contribution in [-0.4, -0.2) is 0 Å². The van der Waals surface area contributed by atoms with Crippen molar-refractivity contribution in [3.05, 3.63) is 69.2 Å². The summed E-state index contributed by atoms with van der Waals surface area (Å²) < 4.78 is 27.3. The molecule has 0 heterocycles. The van der Waals surface area contributed by atoms with Gasteiger partial charge in [0, 0.05) is 10.6 Å². The molecule has 0 aliphatic heterocycles. The quantitative estimate of drug-likeness (QED) is 0.508. The lowest BCUT2D eigenvalue weighted by Gasteiger charge is -2.17. The minimum absolute atomic E-state index is 0.120. The van der Waals surface area contributed by atoms with E-state index >= 15 is 0 Å². The van der Waals surface area contributed by atoms with Crippen molar-refractivity contribution in [1.82, 2.24) is 5.43 Å². The predicted molar refractivity (Wildman–Crippen MR) is 76.6 cm³/mol. The number of nitrogens with one attached hydrogen (secondary N) is 1. The zero-order valence-electron chi connectivity index (χ0n) is 10.3. The van der Waals surface area contributed by atoms with Gasteiger partial charge in [-0.1, -0.05) is 35.3 Å². The number of hydrogen-bond donors (Lipinski definition) is 2. The molecule has 2 rings (SSSR count). The Morgan fingerprint density at radius 2 is 1.85 bits per heavy atom. The van der Waals surface area contributed by atoms with E-state index in [4.69, 9.17) is 29.0 Å². The van der Waals surface area contributed by atoms with Crippen LogP contribution in [0.1, 0.15) is 17.2 Å². The maximum Gasteiger partial charge on any atom is 0.142 e. The summed E-state index contributed by atoms with van der Waals surface area (Å²) in [6.07, 6.45) is 0.370. The molecule has 0 bridgehead atoms. The predicted octanol–water partition coefficient (Wildman–Crippen LogP) is 4.02. The van der Waals surface area contributed by atoms with Crippen LogP contribution in [0.2, 0.25) is 10.0 Å². The Hall–Kier alpha value is -1.20. The van der Waals surface area contributed by atoms with Gasteiger partial charge in [-0.15, -0.1) is 0 Å². The molecular formula is C14H12Cl2F2N2. The van der Waals surface area contributed by atoms with E-state index in [1.807, 2.05) is 6.07 Å². The highest BCUT2D eigenvalue weighted by atomic mass is 35.5. The van der Waals surface area contributed by atoms with Gasteiger partial charge in [0.2, 0.25) is 0 Å². The molecule has 6 heteroatoms. The second kappa shape index (κ2) is 6.50. The molecule has 0 aromatic heterocycles. The molecule has 0 saturated heterocycles. The van der Waals surface area contributed by atoms with Crippen LogP contribution in [0.4, 0.5) is 8.78 Å². The minimum Gasteiger partial charge on any atom is -0.271 e. The standard InChI is InChI=1S/C14H12Cl2F2N2/c15-9-3-1-2-8(4-9)5-14(20-19)10-6-13(18)11(16)7-12(10)17/h1-4,6-7,14,20H,5,19H2. The third kappa shape index (κ3) is 3.46. The van der Waals surface area contributed by atoms with Crippen molar-refractivity contribution in [2.45, 2.75) is 12.5 Å². The molecule has 0 fully saturated rings. The Labute approximate surface area is 125 Å². The Morgan fingerprint density at radius 1 is 1.10 bits per heavy atom. The van der Waals surface area contributed by atoms with Crippen molar-refractivity contribution in [3.63, 3.8) is 0 Å². The first-order valence-corrected chi connectivity index (χ1v) is 6.62. The highest BCUT2D eigenvalue weighted by Crippen LogP contribution is 2.26. The van der Waals surface area contributed by atoms with Crippen LogP contribution in [0.25, 0.3) is 0 Å². The summed E-state index contributed by atoms with van der Waals surface area (Å²) in [7, 11) is 0. The lowest BCUT2D eigenvalue weighted by Crippen LogP contribution is -2.30. The first-order chi connectivity index (χ1) is 9.51. The van der Waals surface area contributed by atoms with Crippen LogP contribution in [0.5, 0.6) is 0 Å². The summed E-state index contributed by atoms with van der Waals surface area (Å²) in [5.41, 5.74) is 3.46. The van der Waals surface area contributed by atoms with Gasteiger partial charge in [0.25, 0.3) is 0 Å². The monoisotopic (exact) mass is 316 g/mol. The molecule has 1 unspecified atom stereocenters. The third-order valence-corrected chi connectivity index (χ3v) is 3.47. The maximum atomic E-state index is 13.9. The normalized spacial score (nSPS) is 12.4. The van der Waals surface area contributed by atoms with Crippen LogP contribution < -0.4 is 11.3 Å². The van der Waals surface area contributed by atoms with Crippen molar-refractivity contribution in [1.29, 1.82) is 0 Å². The summed E-state index contributed by atoms with van der Waals surface area (Å²) in [6.45, 7) is 0. The van der Waals surface area contributed by atoms with E-state index in [9.17, 15) is 8.78 Å². The Morgan fingerprint density at radius 3 is 2.50 bits per heavy atom. The molecule has 0 spiro atoms. The second-order valence-corrected chi connectivity index (χ2v) is 5.18. The highest BCUT2D eigenvalue weighted by Gasteiger charge is 2.18. The Balaban J connectivity index is 2.31. The number of rotatable bonds is 4. The zero-order valence-corrected chi connectivity index (χ0v) is 11.8. The van der Waals surface area contributed by atoms with Crippen LogP contribution in [0.15, 0.2) is 36.4 Å². The van der Waals surface area contributed by atoms with Gasteiger partial charge in [-0.05, 0) is 36.2 Å². The van der Waals surface area contributed by atoms with E-state index in [1.54, 1.807) is 18.2 Å². The SMILES string of the molecule is NNC(Cc1cccc(Cl)c1)c1cc(F)c(Cl)cc1F. The number of nitrogens with two attached hydrogens (primary N) is 1. The van der Waals surface area contributed by atoms with Crippen molar-refractivity contribution >= 4 is 23.2 Å². The van der Waals surface area contributed by atoms with E-state index in [1.165, 1.54) is 0 Å².